The van der Waals surface area contributed by atoms with Crippen LogP contribution in [0.5, 0.6) is 5.75 Å². The Kier molecular flexibility index (Phi) is 7.09. The van der Waals surface area contributed by atoms with Crippen LogP contribution in [0.4, 0.5) is 0 Å². The van der Waals surface area contributed by atoms with E-state index in [9.17, 15) is 9.59 Å². The van der Waals surface area contributed by atoms with Crippen molar-refractivity contribution in [2.24, 2.45) is 4.99 Å². The SMILES string of the molecule is CCOC(=O)C1=C(c2ccccc2)N=c2sc(=Cc3cccnc3)c(=O)n2C1c1ccc(OCC)cc1. The largest absolute Gasteiger partial charge is 0.494 e. The average molecular weight is 512 g/mol. The van der Waals surface area contributed by atoms with Gasteiger partial charge in [-0.05, 0) is 49.2 Å². The molecule has 0 radical (unpaired) electrons. The third-order valence-electron chi connectivity index (χ3n) is 5.86. The van der Waals surface area contributed by atoms with E-state index >= 15 is 0 Å². The van der Waals surface area contributed by atoms with Crippen molar-refractivity contribution >= 4 is 29.1 Å². The number of benzene rings is 2. The van der Waals surface area contributed by atoms with Crippen LogP contribution in [0, 0.1) is 0 Å². The Morgan fingerprint density at radius 1 is 1.03 bits per heavy atom. The number of ether oxygens (including phenoxy) is 2. The van der Waals surface area contributed by atoms with Crippen molar-refractivity contribution in [2.75, 3.05) is 13.2 Å². The van der Waals surface area contributed by atoms with Crippen LogP contribution in [0.2, 0.25) is 0 Å². The first kappa shape index (κ1) is 24.4. The summed E-state index contributed by atoms with van der Waals surface area (Å²) >= 11 is 1.28. The van der Waals surface area contributed by atoms with Gasteiger partial charge in [0.25, 0.3) is 5.56 Å². The Bertz CT molecular complexity index is 1620. The molecule has 0 aliphatic carbocycles. The molecule has 8 heteroatoms. The standard InChI is InChI=1S/C29H25N3O4S/c1-3-35-22-14-12-21(13-15-22)26-24(28(34)36-4-2)25(20-10-6-5-7-11-20)31-29-32(26)27(33)23(37-29)17-19-9-8-16-30-18-19/h5-18,26H,3-4H2,1-2H3. The molecule has 0 saturated heterocycles. The molecular weight excluding hydrogens is 486 g/mol. The van der Waals surface area contributed by atoms with E-state index in [2.05, 4.69) is 4.98 Å². The third-order valence-corrected chi connectivity index (χ3v) is 6.85. The lowest BCUT2D eigenvalue weighted by Crippen LogP contribution is -2.40. The molecule has 0 amide bonds. The summed E-state index contributed by atoms with van der Waals surface area (Å²) < 4.78 is 13.2. The Morgan fingerprint density at radius 3 is 2.49 bits per heavy atom. The Hall–Kier alpha value is -4.30. The van der Waals surface area contributed by atoms with Crippen molar-refractivity contribution in [3.8, 4) is 5.75 Å². The van der Waals surface area contributed by atoms with Gasteiger partial charge in [0.2, 0.25) is 0 Å². The van der Waals surface area contributed by atoms with Gasteiger partial charge in [-0.1, -0.05) is 59.9 Å². The van der Waals surface area contributed by atoms with E-state index in [0.717, 1.165) is 16.7 Å². The van der Waals surface area contributed by atoms with Crippen LogP contribution in [-0.2, 0) is 9.53 Å². The quantitative estimate of drug-likeness (QED) is 0.353. The summed E-state index contributed by atoms with van der Waals surface area (Å²) in [6, 6.07) is 19.9. The van der Waals surface area contributed by atoms with E-state index in [1.165, 1.54) is 11.3 Å². The molecule has 2 aromatic carbocycles. The first-order valence-corrected chi connectivity index (χ1v) is 12.8. The summed E-state index contributed by atoms with van der Waals surface area (Å²) in [5.74, 6) is 0.200. The van der Waals surface area contributed by atoms with Crippen molar-refractivity contribution in [3.05, 3.63) is 121 Å². The zero-order valence-corrected chi connectivity index (χ0v) is 21.3. The predicted octanol–water partition coefficient (Wildman–Crippen LogP) is 3.73. The Morgan fingerprint density at radius 2 is 1.81 bits per heavy atom. The van der Waals surface area contributed by atoms with Crippen LogP contribution >= 0.6 is 11.3 Å². The number of thiazole rings is 1. The molecular formula is C29H25N3O4S. The molecule has 7 nitrogen and oxygen atoms in total. The smallest absolute Gasteiger partial charge is 0.338 e. The minimum Gasteiger partial charge on any atom is -0.494 e. The van der Waals surface area contributed by atoms with Gasteiger partial charge in [-0.3, -0.25) is 14.3 Å². The van der Waals surface area contributed by atoms with E-state index in [4.69, 9.17) is 14.5 Å². The molecule has 4 aromatic rings. The van der Waals surface area contributed by atoms with Gasteiger partial charge in [0.05, 0.1) is 35.1 Å². The first-order valence-electron chi connectivity index (χ1n) is 12.0. The van der Waals surface area contributed by atoms with Gasteiger partial charge in [-0.15, -0.1) is 0 Å². The zero-order chi connectivity index (χ0) is 25.8. The molecule has 5 rings (SSSR count). The van der Waals surface area contributed by atoms with Crippen LogP contribution < -0.4 is 19.6 Å². The number of carbonyl (C=O) groups is 1. The Balaban J connectivity index is 1.80. The van der Waals surface area contributed by atoms with Crippen LogP contribution in [0.1, 0.15) is 36.6 Å². The lowest BCUT2D eigenvalue weighted by Gasteiger charge is -2.26. The number of hydrogen-bond acceptors (Lipinski definition) is 7. The van der Waals surface area contributed by atoms with Gasteiger partial charge in [-0.25, -0.2) is 9.79 Å². The summed E-state index contributed by atoms with van der Waals surface area (Å²) in [6.45, 7) is 4.42. The van der Waals surface area contributed by atoms with Gasteiger partial charge in [0, 0.05) is 18.0 Å². The molecule has 186 valence electrons. The minimum absolute atomic E-state index is 0.200. The number of aromatic nitrogens is 2. The number of esters is 1. The fourth-order valence-electron chi connectivity index (χ4n) is 4.28. The van der Waals surface area contributed by atoms with Crippen molar-refractivity contribution in [1.29, 1.82) is 0 Å². The van der Waals surface area contributed by atoms with Crippen molar-refractivity contribution < 1.29 is 14.3 Å². The summed E-state index contributed by atoms with van der Waals surface area (Å²) in [4.78, 5) is 36.8. The molecule has 1 aliphatic rings. The molecule has 0 spiro atoms. The van der Waals surface area contributed by atoms with Crippen molar-refractivity contribution in [2.45, 2.75) is 19.9 Å². The number of hydrogen-bond donors (Lipinski definition) is 0. The average Bonchev–Trinajstić information content (AvgIpc) is 3.24. The number of rotatable bonds is 7. The third kappa shape index (κ3) is 4.88. The van der Waals surface area contributed by atoms with E-state index in [1.807, 2.05) is 73.7 Å². The van der Waals surface area contributed by atoms with E-state index < -0.39 is 12.0 Å². The lowest BCUT2D eigenvalue weighted by molar-refractivity contribution is -0.138. The highest BCUT2D eigenvalue weighted by molar-refractivity contribution is 7.07. The number of nitrogens with zero attached hydrogens (tertiary/aromatic N) is 3. The fraction of sp³-hybridized carbons (Fsp3) is 0.172. The highest BCUT2D eigenvalue weighted by Crippen LogP contribution is 2.35. The van der Waals surface area contributed by atoms with Crippen LogP contribution in [0.3, 0.4) is 0 Å². The first-order chi connectivity index (χ1) is 18.1. The van der Waals surface area contributed by atoms with Gasteiger partial charge >= 0.3 is 5.97 Å². The summed E-state index contributed by atoms with van der Waals surface area (Å²) in [5, 5.41) is 0. The van der Waals surface area contributed by atoms with Gasteiger partial charge in [-0.2, -0.15) is 0 Å². The molecule has 2 aromatic heterocycles. The molecule has 1 unspecified atom stereocenters. The van der Waals surface area contributed by atoms with Crippen molar-refractivity contribution in [3.63, 3.8) is 0 Å². The maximum Gasteiger partial charge on any atom is 0.338 e. The second-order valence-electron chi connectivity index (χ2n) is 8.22. The summed E-state index contributed by atoms with van der Waals surface area (Å²) in [7, 11) is 0. The molecule has 0 saturated carbocycles. The zero-order valence-electron chi connectivity index (χ0n) is 20.5. The normalized spacial score (nSPS) is 15.2. The molecule has 1 aliphatic heterocycles. The molecule has 0 fully saturated rings. The number of fused-ring (bicyclic) bond motifs is 1. The van der Waals surface area contributed by atoms with Crippen LogP contribution in [0.25, 0.3) is 11.8 Å². The van der Waals surface area contributed by atoms with E-state index in [-0.39, 0.29) is 12.2 Å². The topological polar surface area (TPSA) is 82.8 Å². The summed E-state index contributed by atoms with van der Waals surface area (Å²) in [6.07, 6.45) is 5.17. The predicted molar refractivity (Wildman–Crippen MR) is 143 cm³/mol. The van der Waals surface area contributed by atoms with Crippen LogP contribution in [-0.4, -0.2) is 28.7 Å². The number of carbonyl (C=O) groups excluding carboxylic acids is 1. The highest BCUT2D eigenvalue weighted by atomic mass is 32.1. The van der Waals surface area contributed by atoms with Gasteiger partial charge in [0.1, 0.15) is 5.75 Å². The van der Waals surface area contributed by atoms with Crippen LogP contribution in [0.15, 0.2) is 94.5 Å². The second-order valence-corrected chi connectivity index (χ2v) is 9.23. The minimum atomic E-state index is -0.725. The van der Waals surface area contributed by atoms with E-state index in [1.54, 1.807) is 30.0 Å². The molecule has 0 N–H and O–H groups in total. The van der Waals surface area contributed by atoms with E-state index in [0.29, 0.717) is 33.0 Å². The Labute approximate surface area is 217 Å². The highest BCUT2D eigenvalue weighted by Gasteiger charge is 2.35. The van der Waals surface area contributed by atoms with Crippen molar-refractivity contribution in [1.82, 2.24) is 9.55 Å². The maximum absolute atomic E-state index is 13.8. The molecule has 0 bridgehead atoms. The maximum atomic E-state index is 13.8. The molecule has 3 heterocycles. The molecule has 37 heavy (non-hydrogen) atoms. The van der Waals surface area contributed by atoms with Gasteiger partial charge < -0.3 is 9.47 Å². The number of pyridine rings is 1. The lowest BCUT2D eigenvalue weighted by atomic mass is 9.93. The van der Waals surface area contributed by atoms with Gasteiger partial charge in [0.15, 0.2) is 4.80 Å². The summed E-state index contributed by atoms with van der Waals surface area (Å²) in [5.41, 5.74) is 2.90. The molecule has 1 atom stereocenters. The monoisotopic (exact) mass is 511 g/mol. The second kappa shape index (κ2) is 10.8. The fourth-order valence-corrected chi connectivity index (χ4v) is 5.28.